The number of pyridine rings is 2. The van der Waals surface area contributed by atoms with Crippen LogP contribution in [0.2, 0.25) is 5.02 Å². The first-order valence-electron chi connectivity index (χ1n) is 10.6. The number of ether oxygens (including phenoxy) is 1. The number of para-hydroxylation sites is 1. The van der Waals surface area contributed by atoms with E-state index in [1.807, 2.05) is 77.8 Å². The van der Waals surface area contributed by atoms with Gasteiger partial charge in [-0.25, -0.2) is 0 Å². The quantitative estimate of drug-likeness (QED) is 0.441. The fourth-order valence-corrected chi connectivity index (χ4v) is 4.25. The summed E-state index contributed by atoms with van der Waals surface area (Å²) in [6, 6.07) is 21.4. The Morgan fingerprint density at radius 1 is 1.03 bits per heavy atom. The molecule has 6 heteroatoms. The number of aromatic nitrogens is 2. The maximum atomic E-state index is 13.3. The average Bonchev–Trinajstić information content (AvgIpc) is 2.85. The van der Waals surface area contributed by atoms with Crippen LogP contribution in [-0.4, -0.2) is 40.5 Å². The average molecular weight is 444 g/mol. The Morgan fingerprint density at radius 3 is 2.75 bits per heavy atom. The minimum Gasteiger partial charge on any atom is -0.368 e. The molecule has 1 amide bonds. The number of hydrogen-bond donors (Lipinski definition) is 0. The summed E-state index contributed by atoms with van der Waals surface area (Å²) in [4.78, 5) is 24.2. The molecule has 3 heterocycles. The second-order valence-electron chi connectivity index (χ2n) is 7.85. The summed E-state index contributed by atoms with van der Waals surface area (Å²) in [6.07, 6.45) is 4.04. The van der Waals surface area contributed by atoms with Crippen LogP contribution < -0.4 is 0 Å². The molecule has 5 rings (SSSR count). The minimum atomic E-state index is -0.259. The van der Waals surface area contributed by atoms with Gasteiger partial charge in [-0.1, -0.05) is 54.1 Å². The van der Waals surface area contributed by atoms with Crippen LogP contribution in [0.5, 0.6) is 0 Å². The van der Waals surface area contributed by atoms with E-state index in [0.29, 0.717) is 25.3 Å². The van der Waals surface area contributed by atoms with E-state index in [-0.39, 0.29) is 12.0 Å². The van der Waals surface area contributed by atoms with Crippen molar-refractivity contribution in [2.75, 3.05) is 19.7 Å². The number of amides is 1. The highest BCUT2D eigenvalue weighted by Gasteiger charge is 2.28. The summed E-state index contributed by atoms with van der Waals surface area (Å²) in [5.74, 6) is -0.0297. The van der Waals surface area contributed by atoms with E-state index >= 15 is 0 Å². The van der Waals surface area contributed by atoms with E-state index in [1.165, 1.54) is 0 Å². The fraction of sp³-hybridized carbons (Fsp3) is 0.192. The van der Waals surface area contributed by atoms with E-state index in [4.69, 9.17) is 16.3 Å². The van der Waals surface area contributed by atoms with Crippen LogP contribution in [-0.2, 0) is 11.2 Å². The predicted molar refractivity (Wildman–Crippen MR) is 125 cm³/mol. The smallest absolute Gasteiger partial charge is 0.256 e. The zero-order valence-electron chi connectivity index (χ0n) is 17.4. The lowest BCUT2D eigenvalue weighted by molar-refractivity contribution is -0.0246. The molecule has 1 aliphatic rings. The largest absolute Gasteiger partial charge is 0.368 e. The number of morpholine rings is 1. The Morgan fingerprint density at radius 2 is 1.91 bits per heavy atom. The lowest BCUT2D eigenvalue weighted by Crippen LogP contribution is -2.42. The highest BCUT2D eigenvalue weighted by Crippen LogP contribution is 2.25. The fourth-order valence-electron chi connectivity index (χ4n) is 4.05. The summed E-state index contributed by atoms with van der Waals surface area (Å²) in [6.45, 7) is 1.47. The molecule has 32 heavy (non-hydrogen) atoms. The first-order chi connectivity index (χ1) is 15.7. The topological polar surface area (TPSA) is 55.3 Å². The van der Waals surface area contributed by atoms with Crippen LogP contribution >= 0.6 is 11.6 Å². The van der Waals surface area contributed by atoms with Gasteiger partial charge < -0.3 is 9.64 Å². The van der Waals surface area contributed by atoms with Gasteiger partial charge in [0, 0.05) is 35.8 Å². The van der Waals surface area contributed by atoms with Crippen LogP contribution in [0, 0.1) is 0 Å². The third-order valence-electron chi connectivity index (χ3n) is 5.75. The highest BCUT2D eigenvalue weighted by molar-refractivity contribution is 6.31. The van der Waals surface area contributed by atoms with Crippen LogP contribution in [0.3, 0.4) is 0 Å². The Bertz CT molecular complexity index is 1250. The van der Waals surface area contributed by atoms with Gasteiger partial charge in [-0.2, -0.15) is 0 Å². The molecule has 0 aliphatic carbocycles. The molecule has 2 aromatic heterocycles. The van der Waals surface area contributed by atoms with E-state index in [2.05, 4.69) is 9.97 Å². The zero-order valence-corrected chi connectivity index (χ0v) is 18.2. The van der Waals surface area contributed by atoms with Gasteiger partial charge in [0.05, 0.1) is 29.9 Å². The van der Waals surface area contributed by atoms with Crippen molar-refractivity contribution >= 4 is 28.4 Å². The number of halogens is 1. The van der Waals surface area contributed by atoms with Gasteiger partial charge >= 0.3 is 0 Å². The van der Waals surface area contributed by atoms with E-state index < -0.39 is 0 Å². The molecule has 1 saturated heterocycles. The molecular formula is C26H22ClN3O2. The Hall–Kier alpha value is -3.28. The Balaban J connectivity index is 1.31. The summed E-state index contributed by atoms with van der Waals surface area (Å²) < 4.78 is 5.95. The van der Waals surface area contributed by atoms with E-state index in [1.54, 1.807) is 6.20 Å². The number of carbonyl (C=O) groups is 1. The molecule has 0 saturated carbocycles. The predicted octanol–water partition coefficient (Wildman–Crippen LogP) is 5.09. The molecule has 1 atom stereocenters. The summed E-state index contributed by atoms with van der Waals surface area (Å²) in [7, 11) is 0. The second kappa shape index (κ2) is 9.07. The molecule has 1 unspecified atom stereocenters. The SMILES string of the molecule is O=C(c1cccc2cccnc12)N1CCOC(c2ccc(Cc3ccccc3Cl)cn2)C1. The molecule has 5 nitrogen and oxygen atoms in total. The monoisotopic (exact) mass is 443 g/mol. The van der Waals surface area contributed by atoms with Gasteiger partial charge in [0.2, 0.25) is 0 Å². The van der Waals surface area contributed by atoms with Gasteiger partial charge in [0.25, 0.3) is 5.91 Å². The van der Waals surface area contributed by atoms with Crippen LogP contribution in [0.1, 0.15) is 33.3 Å². The number of hydrogen-bond acceptors (Lipinski definition) is 4. The molecule has 2 aromatic carbocycles. The van der Waals surface area contributed by atoms with Crippen molar-refractivity contribution in [2.45, 2.75) is 12.5 Å². The normalized spacial score (nSPS) is 16.3. The number of carbonyl (C=O) groups excluding carboxylic acids is 1. The van der Waals surface area contributed by atoms with Gasteiger partial charge in [-0.05, 0) is 35.4 Å². The van der Waals surface area contributed by atoms with Gasteiger partial charge in [0.15, 0.2) is 0 Å². The van der Waals surface area contributed by atoms with Gasteiger partial charge in [0.1, 0.15) is 6.10 Å². The molecule has 0 spiro atoms. The lowest BCUT2D eigenvalue weighted by Gasteiger charge is -2.33. The van der Waals surface area contributed by atoms with Crippen molar-refractivity contribution in [3.63, 3.8) is 0 Å². The third kappa shape index (κ3) is 4.22. The molecule has 0 N–H and O–H groups in total. The first kappa shape index (κ1) is 20.6. The maximum Gasteiger partial charge on any atom is 0.256 e. The maximum absolute atomic E-state index is 13.3. The van der Waals surface area contributed by atoms with Crippen molar-refractivity contribution < 1.29 is 9.53 Å². The van der Waals surface area contributed by atoms with Crippen LogP contribution in [0.4, 0.5) is 0 Å². The molecule has 0 radical (unpaired) electrons. The Labute approximate surface area is 191 Å². The van der Waals surface area contributed by atoms with Crippen molar-refractivity contribution in [1.82, 2.24) is 14.9 Å². The molecular weight excluding hydrogens is 422 g/mol. The van der Waals surface area contributed by atoms with Crippen LogP contribution in [0.25, 0.3) is 10.9 Å². The summed E-state index contributed by atoms with van der Waals surface area (Å²) in [5, 5.41) is 1.71. The third-order valence-corrected chi connectivity index (χ3v) is 6.12. The van der Waals surface area contributed by atoms with E-state index in [0.717, 1.165) is 39.2 Å². The van der Waals surface area contributed by atoms with Crippen molar-refractivity contribution in [2.24, 2.45) is 0 Å². The van der Waals surface area contributed by atoms with Crippen LogP contribution in [0.15, 0.2) is 79.1 Å². The number of nitrogens with zero attached hydrogens (tertiary/aromatic N) is 3. The van der Waals surface area contributed by atoms with Gasteiger partial charge in [-0.15, -0.1) is 0 Å². The summed E-state index contributed by atoms with van der Waals surface area (Å²) >= 11 is 6.28. The van der Waals surface area contributed by atoms with Crippen molar-refractivity contribution in [3.05, 3.63) is 107 Å². The Kier molecular flexibility index (Phi) is 5.84. The lowest BCUT2D eigenvalue weighted by atomic mass is 10.1. The second-order valence-corrected chi connectivity index (χ2v) is 8.26. The van der Waals surface area contributed by atoms with Gasteiger partial charge in [-0.3, -0.25) is 14.8 Å². The standard InChI is InChI=1S/C26H22ClN3O2/c27-22-9-2-1-5-20(22)15-18-10-11-23(29-16-18)24-17-30(13-14-32-24)26(31)21-8-3-6-19-7-4-12-28-25(19)21/h1-12,16,24H,13-15,17H2. The molecule has 0 bridgehead atoms. The molecule has 1 aliphatic heterocycles. The van der Waals surface area contributed by atoms with Crippen molar-refractivity contribution in [1.29, 1.82) is 0 Å². The molecule has 4 aromatic rings. The summed E-state index contributed by atoms with van der Waals surface area (Å²) in [5.41, 5.74) is 4.31. The highest BCUT2D eigenvalue weighted by atomic mass is 35.5. The number of rotatable bonds is 4. The first-order valence-corrected chi connectivity index (χ1v) is 11.0. The number of benzene rings is 2. The minimum absolute atomic E-state index is 0.0297. The molecule has 1 fully saturated rings. The zero-order chi connectivity index (χ0) is 21.9. The van der Waals surface area contributed by atoms with E-state index in [9.17, 15) is 4.79 Å². The molecule has 160 valence electrons. The number of fused-ring (bicyclic) bond motifs is 1. The van der Waals surface area contributed by atoms with Crippen molar-refractivity contribution in [3.8, 4) is 0 Å².